The van der Waals surface area contributed by atoms with Crippen molar-refractivity contribution < 1.29 is 19.4 Å². The van der Waals surface area contributed by atoms with E-state index in [1.54, 1.807) is 6.92 Å². The van der Waals surface area contributed by atoms with Crippen molar-refractivity contribution in [2.75, 3.05) is 0 Å². The Morgan fingerprint density at radius 2 is 1.72 bits per heavy atom. The quantitative estimate of drug-likeness (QED) is 0.635. The predicted octanol–water partition coefficient (Wildman–Crippen LogP) is 1.09. The normalized spacial score (nSPS) is 10.6. The van der Waals surface area contributed by atoms with Crippen LogP contribution < -0.4 is 0 Å². The number of carboxylic acid groups (broad SMARTS) is 1. The molecule has 0 unspecified atom stereocenters. The van der Waals surface area contributed by atoms with Crippen LogP contribution in [0.25, 0.3) is 0 Å². The number of aryl methyl sites for hydroxylation is 3. The average Bonchev–Trinajstić information content (AvgIpc) is 2.29. The standard InChI is InChI=1S/C12H14N2O4/c1-7-8(2)14-10(9(3)13-7)6-18-12(17)5-4-11(15)16/h4-5H,6H2,1-3H3,(H,15,16)/b5-4-. The first-order valence-electron chi connectivity index (χ1n) is 5.28. The fourth-order valence-corrected chi connectivity index (χ4v) is 1.22. The first-order valence-corrected chi connectivity index (χ1v) is 5.28. The summed E-state index contributed by atoms with van der Waals surface area (Å²) in [5.41, 5.74) is 2.85. The van der Waals surface area contributed by atoms with Crippen LogP contribution in [-0.4, -0.2) is 27.0 Å². The molecule has 0 aliphatic carbocycles. The second-order valence-corrected chi connectivity index (χ2v) is 3.71. The Hall–Kier alpha value is -2.24. The largest absolute Gasteiger partial charge is 0.478 e. The third-order valence-corrected chi connectivity index (χ3v) is 2.29. The van der Waals surface area contributed by atoms with E-state index >= 15 is 0 Å². The number of ether oxygens (including phenoxy) is 1. The molecule has 0 spiro atoms. The molecule has 0 aromatic carbocycles. The van der Waals surface area contributed by atoms with E-state index in [-0.39, 0.29) is 6.61 Å². The Morgan fingerprint density at radius 3 is 2.33 bits per heavy atom. The fraction of sp³-hybridized carbons (Fsp3) is 0.333. The van der Waals surface area contributed by atoms with Crippen LogP contribution in [0.4, 0.5) is 0 Å². The molecule has 1 rings (SSSR count). The minimum absolute atomic E-state index is 0.0251. The van der Waals surface area contributed by atoms with Crippen LogP contribution >= 0.6 is 0 Å². The molecule has 0 radical (unpaired) electrons. The van der Waals surface area contributed by atoms with Gasteiger partial charge >= 0.3 is 11.9 Å². The molecule has 1 aromatic rings. The summed E-state index contributed by atoms with van der Waals surface area (Å²) in [5, 5.41) is 8.34. The van der Waals surface area contributed by atoms with Crippen LogP contribution in [-0.2, 0) is 20.9 Å². The molecule has 1 heterocycles. The second-order valence-electron chi connectivity index (χ2n) is 3.71. The van der Waals surface area contributed by atoms with E-state index in [0.717, 1.165) is 23.5 Å². The number of hydrogen-bond donors (Lipinski definition) is 1. The summed E-state index contributed by atoms with van der Waals surface area (Å²) in [5.74, 6) is -1.93. The number of carbonyl (C=O) groups excluding carboxylic acids is 1. The van der Waals surface area contributed by atoms with E-state index in [2.05, 4.69) is 9.97 Å². The lowest BCUT2D eigenvalue weighted by molar-refractivity contribution is -0.140. The van der Waals surface area contributed by atoms with Gasteiger partial charge in [-0.25, -0.2) is 9.59 Å². The van der Waals surface area contributed by atoms with Crippen molar-refractivity contribution in [2.45, 2.75) is 27.4 Å². The van der Waals surface area contributed by atoms with E-state index in [9.17, 15) is 9.59 Å². The number of carbonyl (C=O) groups is 2. The molecule has 0 saturated heterocycles. The minimum atomic E-state index is -1.20. The molecule has 0 fully saturated rings. The zero-order valence-corrected chi connectivity index (χ0v) is 10.4. The molecule has 0 aliphatic rings. The zero-order chi connectivity index (χ0) is 13.7. The summed E-state index contributed by atoms with van der Waals surface area (Å²) in [7, 11) is 0. The van der Waals surface area contributed by atoms with Gasteiger partial charge in [-0.1, -0.05) is 0 Å². The highest BCUT2D eigenvalue weighted by Crippen LogP contribution is 2.08. The van der Waals surface area contributed by atoms with Crippen molar-refractivity contribution in [1.29, 1.82) is 0 Å². The number of aromatic nitrogens is 2. The molecule has 0 aliphatic heterocycles. The Labute approximate surface area is 104 Å². The summed E-state index contributed by atoms with van der Waals surface area (Å²) in [6, 6.07) is 0. The van der Waals surface area contributed by atoms with Gasteiger partial charge in [-0.15, -0.1) is 0 Å². The van der Waals surface area contributed by atoms with Crippen molar-refractivity contribution in [3.8, 4) is 0 Å². The minimum Gasteiger partial charge on any atom is -0.478 e. The van der Waals surface area contributed by atoms with Crippen molar-refractivity contribution in [3.05, 3.63) is 34.9 Å². The van der Waals surface area contributed by atoms with Gasteiger partial charge in [-0.2, -0.15) is 0 Å². The van der Waals surface area contributed by atoms with Crippen molar-refractivity contribution in [1.82, 2.24) is 9.97 Å². The summed E-state index contributed by atoms with van der Waals surface area (Å²) >= 11 is 0. The van der Waals surface area contributed by atoms with Crippen molar-refractivity contribution in [3.63, 3.8) is 0 Å². The summed E-state index contributed by atoms with van der Waals surface area (Å²) < 4.78 is 4.86. The zero-order valence-electron chi connectivity index (χ0n) is 10.4. The highest BCUT2D eigenvalue weighted by Gasteiger charge is 2.07. The molecule has 96 valence electrons. The molecular formula is C12H14N2O4. The van der Waals surface area contributed by atoms with Gasteiger partial charge in [0.2, 0.25) is 0 Å². The maximum absolute atomic E-state index is 11.2. The lowest BCUT2D eigenvalue weighted by Crippen LogP contribution is -2.08. The third kappa shape index (κ3) is 3.97. The molecule has 1 aromatic heterocycles. The molecule has 1 N–H and O–H groups in total. The fourth-order valence-electron chi connectivity index (χ4n) is 1.22. The van der Waals surface area contributed by atoms with Crippen molar-refractivity contribution >= 4 is 11.9 Å². The van der Waals surface area contributed by atoms with Crippen LogP contribution in [0.1, 0.15) is 22.8 Å². The second kappa shape index (κ2) is 5.90. The molecular weight excluding hydrogens is 236 g/mol. The summed E-state index contributed by atoms with van der Waals surface area (Å²) in [4.78, 5) is 29.9. The van der Waals surface area contributed by atoms with Gasteiger partial charge in [-0.05, 0) is 20.8 Å². The topological polar surface area (TPSA) is 89.4 Å². The van der Waals surface area contributed by atoms with Crippen molar-refractivity contribution in [2.24, 2.45) is 0 Å². The van der Waals surface area contributed by atoms with E-state index in [1.165, 1.54) is 0 Å². The molecule has 6 nitrogen and oxygen atoms in total. The van der Waals surface area contributed by atoms with Gasteiger partial charge in [0.25, 0.3) is 0 Å². The van der Waals surface area contributed by atoms with Gasteiger partial charge in [0.1, 0.15) is 6.61 Å². The number of carboxylic acids is 1. The van der Waals surface area contributed by atoms with Crippen LogP contribution in [0.5, 0.6) is 0 Å². The Balaban J connectivity index is 2.67. The van der Waals surface area contributed by atoms with Crippen LogP contribution in [0.15, 0.2) is 12.2 Å². The number of nitrogens with zero attached hydrogens (tertiary/aromatic N) is 2. The summed E-state index contributed by atoms with van der Waals surface area (Å²) in [6.45, 7) is 5.41. The van der Waals surface area contributed by atoms with E-state index < -0.39 is 11.9 Å². The lowest BCUT2D eigenvalue weighted by atomic mass is 10.3. The van der Waals surface area contributed by atoms with Crippen LogP contribution in [0.3, 0.4) is 0 Å². The lowest BCUT2D eigenvalue weighted by Gasteiger charge is -2.07. The maximum Gasteiger partial charge on any atom is 0.331 e. The van der Waals surface area contributed by atoms with Gasteiger partial charge < -0.3 is 9.84 Å². The highest BCUT2D eigenvalue weighted by molar-refractivity contribution is 5.90. The highest BCUT2D eigenvalue weighted by atomic mass is 16.5. The molecule has 0 saturated carbocycles. The Kier molecular flexibility index (Phi) is 4.53. The first-order chi connectivity index (χ1) is 8.40. The number of hydrogen-bond acceptors (Lipinski definition) is 5. The van der Waals surface area contributed by atoms with E-state index in [0.29, 0.717) is 11.4 Å². The predicted molar refractivity (Wildman–Crippen MR) is 62.8 cm³/mol. The smallest absolute Gasteiger partial charge is 0.331 e. The Morgan fingerprint density at radius 1 is 1.11 bits per heavy atom. The van der Waals surface area contributed by atoms with E-state index in [4.69, 9.17) is 9.84 Å². The van der Waals surface area contributed by atoms with Gasteiger partial charge in [0, 0.05) is 12.2 Å². The maximum atomic E-state index is 11.2. The average molecular weight is 250 g/mol. The molecule has 6 heteroatoms. The number of aliphatic carboxylic acids is 1. The van der Waals surface area contributed by atoms with E-state index in [1.807, 2.05) is 13.8 Å². The Bertz CT molecular complexity index is 509. The molecule has 0 amide bonds. The van der Waals surface area contributed by atoms with Crippen LogP contribution in [0.2, 0.25) is 0 Å². The summed E-state index contributed by atoms with van der Waals surface area (Å²) in [6.07, 6.45) is 1.58. The van der Waals surface area contributed by atoms with Gasteiger partial charge in [-0.3, -0.25) is 9.97 Å². The third-order valence-electron chi connectivity index (χ3n) is 2.29. The molecule has 0 atom stereocenters. The number of rotatable bonds is 4. The SMILES string of the molecule is Cc1nc(C)c(COC(=O)/C=C\C(=O)O)nc1C. The molecule has 0 bridgehead atoms. The first kappa shape index (κ1) is 13.8. The van der Waals surface area contributed by atoms with Crippen LogP contribution in [0, 0.1) is 20.8 Å². The molecule has 18 heavy (non-hydrogen) atoms. The number of esters is 1. The van der Waals surface area contributed by atoms with Gasteiger partial charge in [0.05, 0.1) is 22.8 Å². The monoisotopic (exact) mass is 250 g/mol. The van der Waals surface area contributed by atoms with Gasteiger partial charge in [0.15, 0.2) is 0 Å².